The minimum atomic E-state index is 0.0319. The van der Waals surface area contributed by atoms with Crippen molar-refractivity contribution in [2.24, 2.45) is 5.92 Å². The largest absolute Gasteiger partial charge is 0.334 e. The number of nitrogens with one attached hydrogen (secondary N) is 1. The van der Waals surface area contributed by atoms with Gasteiger partial charge in [0.25, 0.3) is 0 Å². The van der Waals surface area contributed by atoms with E-state index in [0.29, 0.717) is 23.5 Å². The second-order valence-corrected chi connectivity index (χ2v) is 8.01. The van der Waals surface area contributed by atoms with Crippen molar-refractivity contribution < 1.29 is 4.79 Å². The summed E-state index contributed by atoms with van der Waals surface area (Å²) in [6, 6.07) is 0. The first-order valence-electron chi connectivity index (χ1n) is 8.96. The van der Waals surface area contributed by atoms with Crippen molar-refractivity contribution in [1.82, 2.24) is 19.4 Å². The van der Waals surface area contributed by atoms with E-state index in [0.717, 1.165) is 38.2 Å². The Morgan fingerprint density at radius 2 is 2.16 bits per heavy atom. The van der Waals surface area contributed by atoms with Gasteiger partial charge in [-0.15, -0.1) is 11.3 Å². The number of nitrogens with zero attached hydrogens (tertiary/aromatic N) is 4. The van der Waals surface area contributed by atoms with Gasteiger partial charge in [-0.05, 0) is 38.8 Å². The van der Waals surface area contributed by atoms with Gasteiger partial charge >= 0.3 is 0 Å². The van der Waals surface area contributed by atoms with Crippen molar-refractivity contribution in [3.63, 3.8) is 0 Å². The van der Waals surface area contributed by atoms with E-state index in [4.69, 9.17) is 0 Å². The number of aryl methyl sites for hydroxylation is 1. The molecule has 6 nitrogen and oxygen atoms in total. The highest BCUT2D eigenvalue weighted by atomic mass is 32.1. The molecule has 2 aromatic heterocycles. The highest BCUT2D eigenvalue weighted by Crippen LogP contribution is 2.22. The van der Waals surface area contributed by atoms with Crippen molar-refractivity contribution in [1.29, 1.82) is 0 Å². The van der Waals surface area contributed by atoms with Gasteiger partial charge in [0.15, 0.2) is 5.13 Å². The molecule has 0 unspecified atom stereocenters. The fourth-order valence-corrected chi connectivity index (χ4v) is 4.06. The number of carbonyl (C=O) groups excluding carboxylic acids is 1. The smallest absolute Gasteiger partial charge is 0.240 e. The van der Waals surface area contributed by atoms with Crippen molar-refractivity contribution in [2.75, 3.05) is 25.0 Å². The molecule has 0 radical (unpaired) electrons. The number of imidazole rings is 1. The van der Waals surface area contributed by atoms with Crippen LogP contribution in [0.5, 0.6) is 0 Å². The number of carbonyl (C=O) groups is 1. The number of thiazole rings is 1. The van der Waals surface area contributed by atoms with Crippen LogP contribution in [0.3, 0.4) is 0 Å². The Balaban J connectivity index is 1.44. The van der Waals surface area contributed by atoms with Crippen LogP contribution in [0.15, 0.2) is 17.8 Å². The molecule has 0 aliphatic carbocycles. The van der Waals surface area contributed by atoms with Gasteiger partial charge in [-0.25, -0.2) is 9.97 Å². The maximum absolute atomic E-state index is 12.1. The molecule has 25 heavy (non-hydrogen) atoms. The fourth-order valence-electron chi connectivity index (χ4n) is 3.35. The topological polar surface area (TPSA) is 63.1 Å². The number of amides is 1. The van der Waals surface area contributed by atoms with Gasteiger partial charge in [-0.2, -0.15) is 0 Å². The Labute approximate surface area is 153 Å². The zero-order chi connectivity index (χ0) is 17.8. The van der Waals surface area contributed by atoms with Crippen LogP contribution in [0.1, 0.15) is 44.1 Å². The maximum atomic E-state index is 12.1. The molecule has 1 amide bonds. The number of hydrogen-bond acceptors (Lipinski definition) is 5. The van der Waals surface area contributed by atoms with Crippen LogP contribution >= 0.6 is 11.3 Å². The first-order valence-corrected chi connectivity index (χ1v) is 9.84. The number of hydrogen-bond donors (Lipinski definition) is 1. The molecule has 136 valence electrons. The zero-order valence-corrected chi connectivity index (χ0v) is 16.1. The van der Waals surface area contributed by atoms with Crippen LogP contribution in [-0.2, 0) is 11.3 Å². The molecular formula is C18H27N5OS. The Morgan fingerprint density at radius 3 is 2.80 bits per heavy atom. The lowest BCUT2D eigenvalue weighted by molar-refractivity contribution is -0.117. The van der Waals surface area contributed by atoms with Crippen LogP contribution in [0.4, 0.5) is 5.13 Å². The molecule has 1 saturated heterocycles. The summed E-state index contributed by atoms with van der Waals surface area (Å²) in [6.45, 7) is 9.73. The summed E-state index contributed by atoms with van der Waals surface area (Å²) in [5, 5.41) is 5.53. The Kier molecular flexibility index (Phi) is 5.86. The van der Waals surface area contributed by atoms with E-state index in [1.165, 1.54) is 17.2 Å². The molecule has 3 heterocycles. The van der Waals surface area contributed by atoms with Gasteiger partial charge in [0, 0.05) is 30.2 Å². The first-order chi connectivity index (χ1) is 12.0. The van der Waals surface area contributed by atoms with Crippen LogP contribution in [0.25, 0.3) is 0 Å². The Morgan fingerprint density at radius 1 is 1.40 bits per heavy atom. The van der Waals surface area contributed by atoms with Crippen LogP contribution in [0.2, 0.25) is 0 Å². The van der Waals surface area contributed by atoms with E-state index in [1.807, 2.05) is 18.5 Å². The quantitative estimate of drug-likeness (QED) is 0.859. The molecule has 1 aliphatic rings. The maximum Gasteiger partial charge on any atom is 0.240 e. The molecule has 0 atom stereocenters. The number of aromatic nitrogens is 3. The average molecular weight is 362 g/mol. The average Bonchev–Trinajstić information content (AvgIpc) is 3.18. The molecule has 0 saturated carbocycles. The standard InChI is InChI=1S/C18H27N5OS/c1-13(2)17-19-6-9-23(17)10-15-4-7-22(8-5-15)11-16(24)21-18-20-14(3)12-25-18/h6,9,12-13,15H,4-5,7-8,10-11H2,1-3H3,(H,20,21,24). The predicted molar refractivity (Wildman–Crippen MR) is 101 cm³/mol. The summed E-state index contributed by atoms with van der Waals surface area (Å²) in [5.74, 6) is 2.31. The fraction of sp³-hybridized carbons (Fsp3) is 0.611. The molecular weight excluding hydrogens is 334 g/mol. The van der Waals surface area contributed by atoms with Crippen molar-refractivity contribution in [2.45, 2.75) is 46.1 Å². The molecule has 1 fully saturated rings. The molecule has 0 aromatic carbocycles. The molecule has 7 heteroatoms. The molecule has 0 bridgehead atoms. The van der Waals surface area contributed by atoms with Crippen LogP contribution in [0, 0.1) is 12.8 Å². The third kappa shape index (κ3) is 4.89. The summed E-state index contributed by atoms with van der Waals surface area (Å²) in [6.07, 6.45) is 6.24. The molecule has 0 spiro atoms. The van der Waals surface area contributed by atoms with E-state index in [2.05, 4.69) is 44.8 Å². The van der Waals surface area contributed by atoms with Crippen molar-refractivity contribution in [3.8, 4) is 0 Å². The summed E-state index contributed by atoms with van der Waals surface area (Å²) in [7, 11) is 0. The molecule has 1 N–H and O–H groups in total. The van der Waals surface area contributed by atoms with E-state index >= 15 is 0 Å². The van der Waals surface area contributed by atoms with Crippen LogP contribution < -0.4 is 5.32 Å². The minimum Gasteiger partial charge on any atom is -0.334 e. The third-order valence-electron chi connectivity index (χ3n) is 4.66. The molecule has 3 rings (SSSR count). The van der Waals surface area contributed by atoms with E-state index in [9.17, 15) is 4.79 Å². The van der Waals surface area contributed by atoms with E-state index in [1.54, 1.807) is 0 Å². The zero-order valence-electron chi connectivity index (χ0n) is 15.2. The highest BCUT2D eigenvalue weighted by Gasteiger charge is 2.22. The second kappa shape index (κ2) is 8.10. The lowest BCUT2D eigenvalue weighted by Crippen LogP contribution is -2.40. The second-order valence-electron chi connectivity index (χ2n) is 7.15. The lowest BCUT2D eigenvalue weighted by atomic mass is 9.96. The summed E-state index contributed by atoms with van der Waals surface area (Å²) < 4.78 is 2.29. The summed E-state index contributed by atoms with van der Waals surface area (Å²) >= 11 is 1.48. The molecule has 1 aliphatic heterocycles. The third-order valence-corrected chi connectivity index (χ3v) is 5.53. The predicted octanol–water partition coefficient (Wildman–Crippen LogP) is 3.12. The monoisotopic (exact) mass is 361 g/mol. The van der Waals surface area contributed by atoms with Gasteiger partial charge in [0.2, 0.25) is 5.91 Å². The van der Waals surface area contributed by atoms with Gasteiger partial charge < -0.3 is 9.88 Å². The van der Waals surface area contributed by atoms with Gasteiger partial charge in [-0.3, -0.25) is 9.69 Å². The van der Waals surface area contributed by atoms with E-state index in [-0.39, 0.29) is 5.91 Å². The Bertz CT molecular complexity index is 700. The first kappa shape index (κ1) is 18.1. The normalized spacial score (nSPS) is 16.5. The minimum absolute atomic E-state index is 0.0319. The van der Waals surface area contributed by atoms with E-state index < -0.39 is 0 Å². The van der Waals surface area contributed by atoms with Crippen molar-refractivity contribution in [3.05, 3.63) is 29.3 Å². The van der Waals surface area contributed by atoms with Gasteiger partial charge in [-0.1, -0.05) is 13.8 Å². The summed E-state index contributed by atoms with van der Waals surface area (Å²) in [4.78, 5) is 23.1. The van der Waals surface area contributed by atoms with Crippen molar-refractivity contribution >= 4 is 22.4 Å². The number of likely N-dealkylation sites (tertiary alicyclic amines) is 1. The van der Waals surface area contributed by atoms with Gasteiger partial charge in [0.1, 0.15) is 5.82 Å². The Hall–Kier alpha value is -1.73. The number of rotatable bonds is 6. The number of anilines is 1. The summed E-state index contributed by atoms with van der Waals surface area (Å²) in [5.41, 5.74) is 0.946. The van der Waals surface area contributed by atoms with Gasteiger partial charge in [0.05, 0.1) is 12.2 Å². The lowest BCUT2D eigenvalue weighted by Gasteiger charge is -2.31. The highest BCUT2D eigenvalue weighted by molar-refractivity contribution is 7.13. The van der Waals surface area contributed by atoms with Crippen LogP contribution in [-0.4, -0.2) is 45.0 Å². The number of piperidine rings is 1. The molecule has 2 aromatic rings. The SMILES string of the molecule is Cc1csc(NC(=O)CN2CCC(Cn3ccnc3C(C)C)CC2)n1.